The van der Waals surface area contributed by atoms with Crippen molar-refractivity contribution < 1.29 is 13.9 Å². The summed E-state index contributed by atoms with van der Waals surface area (Å²) >= 11 is 0. The number of nitrogens with zero attached hydrogens (tertiary/aromatic N) is 2. The van der Waals surface area contributed by atoms with Crippen LogP contribution in [0.25, 0.3) is 0 Å². The van der Waals surface area contributed by atoms with Crippen LogP contribution in [0.4, 0.5) is 10.1 Å². The van der Waals surface area contributed by atoms with Crippen LogP contribution in [0.5, 0.6) is 0 Å². The van der Waals surface area contributed by atoms with E-state index in [9.17, 15) is 9.18 Å². The molecule has 0 bridgehead atoms. The Balaban J connectivity index is 2.06. The molecule has 5 nitrogen and oxygen atoms in total. The third-order valence-electron chi connectivity index (χ3n) is 2.24. The summed E-state index contributed by atoms with van der Waals surface area (Å²) in [6, 6.07) is 5.49. The number of carbonyl (C=O) groups is 1. The summed E-state index contributed by atoms with van der Waals surface area (Å²) in [6.45, 7) is 0.301. The predicted molar refractivity (Wildman–Crippen MR) is 63.6 cm³/mol. The van der Waals surface area contributed by atoms with Gasteiger partial charge in [-0.05, 0) is 18.2 Å². The van der Waals surface area contributed by atoms with Crippen LogP contribution in [-0.2, 0) is 11.5 Å². The number of hydrogen-bond donors (Lipinski definition) is 1. The third-order valence-corrected chi connectivity index (χ3v) is 2.24. The van der Waals surface area contributed by atoms with Gasteiger partial charge in [-0.3, -0.25) is 4.79 Å². The summed E-state index contributed by atoms with van der Waals surface area (Å²) in [5, 5.41) is 6.59. The lowest BCUT2D eigenvalue weighted by Gasteiger charge is -2.02. The third kappa shape index (κ3) is 2.92. The Kier molecular flexibility index (Phi) is 3.69. The molecule has 1 N–H and O–H groups in total. The molecule has 0 atom stereocenters. The molecule has 0 radical (unpaired) electrons. The quantitative estimate of drug-likeness (QED) is 0.900. The van der Waals surface area contributed by atoms with Gasteiger partial charge in [-0.15, -0.1) is 0 Å². The molecular weight excluding hydrogens is 237 g/mol. The summed E-state index contributed by atoms with van der Waals surface area (Å²) in [4.78, 5) is 11.8. The van der Waals surface area contributed by atoms with Crippen molar-refractivity contribution in [3.05, 3.63) is 48.0 Å². The number of methoxy groups -OCH3 is 1. The van der Waals surface area contributed by atoms with E-state index in [4.69, 9.17) is 4.74 Å². The lowest BCUT2D eigenvalue weighted by Crippen LogP contribution is -2.11. The maximum Gasteiger partial charge on any atom is 0.255 e. The summed E-state index contributed by atoms with van der Waals surface area (Å²) in [6.07, 6.45) is 3.12. The number of halogens is 1. The molecule has 94 valence electrons. The minimum Gasteiger partial charge on any atom is -0.362 e. The molecule has 1 aromatic carbocycles. The van der Waals surface area contributed by atoms with E-state index in [1.54, 1.807) is 13.3 Å². The second-order valence-corrected chi connectivity index (χ2v) is 3.65. The molecule has 2 rings (SSSR count). The molecule has 2 aromatic rings. The van der Waals surface area contributed by atoms with Crippen molar-refractivity contribution in [2.75, 3.05) is 12.4 Å². The van der Waals surface area contributed by atoms with Gasteiger partial charge < -0.3 is 10.1 Å². The minimum absolute atomic E-state index is 0.259. The Bertz CT molecular complexity index is 554. The van der Waals surface area contributed by atoms with Crippen LogP contribution < -0.4 is 5.32 Å². The Hall–Kier alpha value is -2.21. The van der Waals surface area contributed by atoms with Gasteiger partial charge in [0.15, 0.2) is 0 Å². The highest BCUT2D eigenvalue weighted by atomic mass is 19.1. The van der Waals surface area contributed by atoms with Crippen LogP contribution in [0, 0.1) is 5.82 Å². The van der Waals surface area contributed by atoms with Crippen molar-refractivity contribution in [1.82, 2.24) is 9.78 Å². The van der Waals surface area contributed by atoms with Gasteiger partial charge in [0.2, 0.25) is 0 Å². The van der Waals surface area contributed by atoms with Crippen LogP contribution in [0.1, 0.15) is 10.4 Å². The molecule has 0 spiro atoms. The first-order chi connectivity index (χ1) is 8.69. The van der Waals surface area contributed by atoms with Gasteiger partial charge in [0.05, 0.1) is 18.1 Å². The largest absolute Gasteiger partial charge is 0.362 e. The van der Waals surface area contributed by atoms with E-state index in [0.29, 0.717) is 12.4 Å². The zero-order valence-electron chi connectivity index (χ0n) is 9.76. The average Bonchev–Trinajstić information content (AvgIpc) is 2.77. The van der Waals surface area contributed by atoms with E-state index in [2.05, 4.69) is 10.4 Å². The molecule has 0 aliphatic carbocycles. The lowest BCUT2D eigenvalue weighted by atomic mass is 10.2. The first-order valence-corrected chi connectivity index (χ1v) is 5.27. The zero-order valence-corrected chi connectivity index (χ0v) is 9.76. The van der Waals surface area contributed by atoms with E-state index < -0.39 is 5.82 Å². The second kappa shape index (κ2) is 5.42. The number of aromatic nitrogens is 2. The van der Waals surface area contributed by atoms with Gasteiger partial charge >= 0.3 is 0 Å². The van der Waals surface area contributed by atoms with Crippen molar-refractivity contribution in [3.63, 3.8) is 0 Å². The fourth-order valence-electron chi connectivity index (χ4n) is 1.46. The Morgan fingerprint density at radius 3 is 3.11 bits per heavy atom. The number of ether oxygens (including phenoxy) is 1. The second-order valence-electron chi connectivity index (χ2n) is 3.65. The molecule has 0 saturated heterocycles. The summed E-state index contributed by atoms with van der Waals surface area (Å²) in [5.74, 6) is -0.829. The average molecular weight is 249 g/mol. The molecule has 18 heavy (non-hydrogen) atoms. The van der Waals surface area contributed by atoms with Crippen molar-refractivity contribution in [2.24, 2.45) is 0 Å². The van der Waals surface area contributed by atoms with Gasteiger partial charge in [-0.2, -0.15) is 5.10 Å². The molecule has 1 amide bonds. The number of nitrogens with one attached hydrogen (secondary N) is 1. The van der Waals surface area contributed by atoms with Crippen LogP contribution in [0.2, 0.25) is 0 Å². The van der Waals surface area contributed by atoms with Crippen molar-refractivity contribution >= 4 is 11.6 Å². The van der Waals surface area contributed by atoms with Crippen molar-refractivity contribution in [3.8, 4) is 0 Å². The zero-order chi connectivity index (χ0) is 13.0. The lowest BCUT2D eigenvalue weighted by molar-refractivity contribution is 0.102. The summed E-state index contributed by atoms with van der Waals surface area (Å²) < 4.78 is 19.4. The number of rotatable bonds is 4. The molecule has 1 aromatic heterocycles. The fraction of sp³-hybridized carbons (Fsp3) is 0.167. The van der Waals surface area contributed by atoms with E-state index >= 15 is 0 Å². The highest BCUT2D eigenvalue weighted by Crippen LogP contribution is 2.09. The van der Waals surface area contributed by atoms with Crippen LogP contribution in [-0.4, -0.2) is 22.8 Å². The Morgan fingerprint density at radius 1 is 1.56 bits per heavy atom. The number of carbonyl (C=O) groups excluding carboxylic acids is 1. The molecule has 1 heterocycles. The molecule has 6 heteroatoms. The predicted octanol–water partition coefficient (Wildman–Crippen LogP) is 1.88. The van der Waals surface area contributed by atoms with Crippen molar-refractivity contribution in [1.29, 1.82) is 0 Å². The molecule has 0 aliphatic heterocycles. The number of hydrogen-bond acceptors (Lipinski definition) is 3. The van der Waals surface area contributed by atoms with Gasteiger partial charge in [-0.25, -0.2) is 9.07 Å². The molecule has 0 unspecified atom stereocenters. The van der Waals surface area contributed by atoms with Crippen molar-refractivity contribution in [2.45, 2.75) is 6.73 Å². The van der Waals surface area contributed by atoms with E-state index in [1.165, 1.54) is 35.1 Å². The van der Waals surface area contributed by atoms with Crippen LogP contribution >= 0.6 is 0 Å². The highest BCUT2D eigenvalue weighted by molar-refractivity contribution is 6.04. The monoisotopic (exact) mass is 249 g/mol. The molecule has 0 saturated carbocycles. The topological polar surface area (TPSA) is 56.1 Å². The number of amides is 1. The normalized spacial score (nSPS) is 10.3. The number of benzene rings is 1. The van der Waals surface area contributed by atoms with E-state index in [0.717, 1.165) is 0 Å². The van der Waals surface area contributed by atoms with Crippen LogP contribution in [0.3, 0.4) is 0 Å². The smallest absolute Gasteiger partial charge is 0.255 e. The van der Waals surface area contributed by atoms with Gasteiger partial charge in [0.25, 0.3) is 5.91 Å². The first kappa shape index (κ1) is 12.3. The maximum absolute atomic E-state index is 13.0. The standard InChI is InChI=1S/C12H12FN3O2/c1-18-8-16-7-11(6-14-16)15-12(17)9-3-2-4-10(13)5-9/h2-7H,8H2,1H3,(H,15,17). The Labute approximate surface area is 103 Å². The summed E-state index contributed by atoms with van der Waals surface area (Å²) in [5.41, 5.74) is 0.788. The SMILES string of the molecule is COCn1cc(NC(=O)c2cccc(F)c2)cn1. The molecule has 0 aliphatic rings. The van der Waals surface area contributed by atoms with E-state index in [-0.39, 0.29) is 11.5 Å². The van der Waals surface area contributed by atoms with Gasteiger partial charge in [0, 0.05) is 12.7 Å². The number of anilines is 1. The van der Waals surface area contributed by atoms with E-state index in [1.807, 2.05) is 0 Å². The van der Waals surface area contributed by atoms with Gasteiger partial charge in [-0.1, -0.05) is 6.07 Å². The minimum atomic E-state index is -0.447. The first-order valence-electron chi connectivity index (χ1n) is 5.27. The summed E-state index contributed by atoms with van der Waals surface area (Å²) in [7, 11) is 1.55. The highest BCUT2D eigenvalue weighted by Gasteiger charge is 2.08. The Morgan fingerprint density at radius 2 is 2.39 bits per heavy atom. The fourth-order valence-corrected chi connectivity index (χ4v) is 1.46. The maximum atomic E-state index is 13.0. The molecule has 0 fully saturated rings. The molecular formula is C12H12FN3O2. The van der Waals surface area contributed by atoms with Gasteiger partial charge in [0.1, 0.15) is 12.5 Å². The van der Waals surface area contributed by atoms with Crippen LogP contribution in [0.15, 0.2) is 36.7 Å².